The number of nitrogens with two attached hydrogens (primary N) is 1. The molecule has 3 N–H and O–H groups in total. The van der Waals surface area contributed by atoms with Gasteiger partial charge in [-0.15, -0.1) is 0 Å². The Morgan fingerprint density at radius 2 is 2.04 bits per heavy atom. The third kappa shape index (κ3) is 3.90. The van der Waals surface area contributed by atoms with Gasteiger partial charge in [-0.3, -0.25) is 9.59 Å². The van der Waals surface area contributed by atoms with E-state index in [9.17, 15) is 9.59 Å². The van der Waals surface area contributed by atoms with Crippen LogP contribution in [0.3, 0.4) is 0 Å². The highest BCUT2D eigenvalue weighted by atomic mass is 32.1. The molecule has 1 aliphatic rings. The Hall–Kier alpha value is -2.78. The van der Waals surface area contributed by atoms with Gasteiger partial charge in [0.2, 0.25) is 10.9 Å². The molecule has 3 aromatic rings. The summed E-state index contributed by atoms with van der Waals surface area (Å²) in [5.74, 6) is 0.593. The zero-order chi connectivity index (χ0) is 19.5. The first-order valence-corrected chi connectivity index (χ1v) is 10.2. The highest BCUT2D eigenvalue weighted by Crippen LogP contribution is 2.27. The van der Waals surface area contributed by atoms with E-state index in [2.05, 4.69) is 20.3 Å². The smallest absolute Gasteiger partial charge is 0.277 e. The van der Waals surface area contributed by atoms with E-state index in [1.165, 1.54) is 22.3 Å². The number of aromatic nitrogens is 3. The highest BCUT2D eigenvalue weighted by molar-refractivity contribution is 7.19. The van der Waals surface area contributed by atoms with Crippen LogP contribution in [0.25, 0.3) is 15.5 Å². The van der Waals surface area contributed by atoms with Gasteiger partial charge < -0.3 is 16.0 Å². The first-order valence-electron chi connectivity index (χ1n) is 9.40. The molecule has 0 spiro atoms. The van der Waals surface area contributed by atoms with Crippen LogP contribution in [0.2, 0.25) is 0 Å². The largest absolute Gasteiger partial charge is 0.356 e. The summed E-state index contributed by atoms with van der Waals surface area (Å²) in [5, 5.41) is 7.93. The number of carbonyl (C=O) groups excluding carboxylic acids is 1. The summed E-state index contributed by atoms with van der Waals surface area (Å²) in [6, 6.07) is 8.94. The van der Waals surface area contributed by atoms with E-state index >= 15 is 0 Å². The summed E-state index contributed by atoms with van der Waals surface area (Å²) in [7, 11) is 0. The van der Waals surface area contributed by atoms with Crippen LogP contribution in [0.5, 0.6) is 0 Å². The molecule has 0 atom stereocenters. The van der Waals surface area contributed by atoms with Gasteiger partial charge in [0.05, 0.1) is 0 Å². The van der Waals surface area contributed by atoms with Crippen LogP contribution in [0, 0.1) is 0 Å². The molecule has 2 aromatic heterocycles. The molecule has 0 radical (unpaired) electrons. The van der Waals surface area contributed by atoms with E-state index in [1.807, 2.05) is 24.3 Å². The molecule has 4 rings (SSSR count). The van der Waals surface area contributed by atoms with Crippen LogP contribution in [0.4, 0.5) is 11.5 Å². The Morgan fingerprint density at radius 3 is 2.82 bits per heavy atom. The predicted octanol–water partition coefficient (Wildman–Crippen LogP) is 2.10. The lowest BCUT2D eigenvalue weighted by atomic mass is 10.1. The van der Waals surface area contributed by atoms with Gasteiger partial charge in [-0.2, -0.15) is 9.61 Å². The fourth-order valence-corrected chi connectivity index (χ4v) is 4.18. The molecule has 1 aliphatic heterocycles. The average Bonchev–Trinajstić information content (AvgIpc) is 3.14. The van der Waals surface area contributed by atoms with Gasteiger partial charge >= 0.3 is 0 Å². The maximum Gasteiger partial charge on any atom is 0.277 e. The molecule has 146 valence electrons. The van der Waals surface area contributed by atoms with Gasteiger partial charge in [0.1, 0.15) is 10.8 Å². The molecule has 1 saturated heterocycles. The van der Waals surface area contributed by atoms with Crippen molar-refractivity contribution in [3.8, 4) is 10.6 Å². The number of fused-ring (bicyclic) bond motifs is 1. The number of carbonyl (C=O) groups is 1. The Kier molecular flexibility index (Phi) is 5.36. The van der Waals surface area contributed by atoms with Gasteiger partial charge in [-0.1, -0.05) is 23.5 Å². The van der Waals surface area contributed by atoms with Crippen LogP contribution in [-0.4, -0.2) is 40.1 Å². The SMILES string of the molecule is NCCC(=O)Nc1cccc(-c2nn3c(=O)cc(N4CCCCC4)nc3s2)c1. The number of rotatable bonds is 5. The van der Waals surface area contributed by atoms with Crippen molar-refractivity contribution in [3.05, 3.63) is 40.7 Å². The molecular weight excluding hydrogens is 376 g/mol. The monoisotopic (exact) mass is 398 g/mol. The Morgan fingerprint density at radius 1 is 1.21 bits per heavy atom. The number of nitrogens with one attached hydrogen (secondary N) is 1. The van der Waals surface area contributed by atoms with E-state index in [0.717, 1.165) is 37.3 Å². The topological polar surface area (TPSA) is 106 Å². The van der Waals surface area contributed by atoms with E-state index in [0.29, 0.717) is 22.2 Å². The van der Waals surface area contributed by atoms with Crippen molar-refractivity contribution < 1.29 is 4.79 Å². The molecule has 1 aromatic carbocycles. The normalized spacial score (nSPS) is 14.4. The van der Waals surface area contributed by atoms with Crippen LogP contribution in [0.15, 0.2) is 35.1 Å². The summed E-state index contributed by atoms with van der Waals surface area (Å²) in [4.78, 5) is 31.7. The Labute approximate surface area is 166 Å². The second-order valence-electron chi connectivity index (χ2n) is 6.77. The molecule has 3 heterocycles. The van der Waals surface area contributed by atoms with E-state index in [-0.39, 0.29) is 17.9 Å². The van der Waals surface area contributed by atoms with Crippen molar-refractivity contribution in [2.75, 3.05) is 29.9 Å². The molecule has 1 fully saturated rings. The maximum absolute atomic E-state index is 12.5. The second-order valence-corrected chi connectivity index (χ2v) is 7.73. The van der Waals surface area contributed by atoms with Crippen LogP contribution in [0.1, 0.15) is 25.7 Å². The van der Waals surface area contributed by atoms with E-state index < -0.39 is 0 Å². The lowest BCUT2D eigenvalue weighted by molar-refractivity contribution is -0.116. The van der Waals surface area contributed by atoms with Gasteiger partial charge in [-0.05, 0) is 31.4 Å². The maximum atomic E-state index is 12.5. The Balaban J connectivity index is 1.65. The number of hydrogen-bond acceptors (Lipinski definition) is 7. The lowest BCUT2D eigenvalue weighted by Crippen LogP contribution is -2.31. The number of piperidine rings is 1. The van der Waals surface area contributed by atoms with Gasteiger partial charge in [0.15, 0.2) is 0 Å². The summed E-state index contributed by atoms with van der Waals surface area (Å²) in [5.41, 5.74) is 6.73. The lowest BCUT2D eigenvalue weighted by Gasteiger charge is -2.27. The quantitative estimate of drug-likeness (QED) is 0.682. The minimum Gasteiger partial charge on any atom is -0.356 e. The molecule has 0 aliphatic carbocycles. The van der Waals surface area contributed by atoms with Crippen molar-refractivity contribution in [1.82, 2.24) is 14.6 Å². The minimum atomic E-state index is -0.180. The van der Waals surface area contributed by atoms with Gasteiger partial charge in [0.25, 0.3) is 5.56 Å². The van der Waals surface area contributed by atoms with Crippen molar-refractivity contribution in [1.29, 1.82) is 0 Å². The number of benzene rings is 1. The zero-order valence-electron chi connectivity index (χ0n) is 15.4. The molecule has 0 bridgehead atoms. The highest BCUT2D eigenvalue weighted by Gasteiger charge is 2.16. The van der Waals surface area contributed by atoms with Crippen LogP contribution >= 0.6 is 11.3 Å². The van der Waals surface area contributed by atoms with Gasteiger partial charge in [-0.25, -0.2) is 4.98 Å². The van der Waals surface area contributed by atoms with Crippen molar-refractivity contribution in [3.63, 3.8) is 0 Å². The standard InChI is InChI=1S/C19H22N6O2S/c20-8-7-16(26)21-14-6-4-5-13(11-14)18-23-25-17(27)12-15(22-19(25)28-18)24-9-2-1-3-10-24/h4-6,11-12H,1-3,7-10,20H2,(H,21,26). The molecule has 9 heteroatoms. The first-order chi connectivity index (χ1) is 13.6. The van der Waals surface area contributed by atoms with Crippen LogP contribution in [-0.2, 0) is 4.79 Å². The van der Waals surface area contributed by atoms with Crippen molar-refractivity contribution in [2.45, 2.75) is 25.7 Å². The number of hydrogen-bond donors (Lipinski definition) is 2. The molecule has 1 amide bonds. The van der Waals surface area contributed by atoms with E-state index in [4.69, 9.17) is 5.73 Å². The van der Waals surface area contributed by atoms with Crippen LogP contribution < -0.4 is 21.5 Å². The summed E-state index contributed by atoms with van der Waals surface area (Å²) < 4.78 is 1.34. The third-order valence-corrected chi connectivity index (χ3v) is 5.63. The molecule has 0 saturated carbocycles. The number of amides is 1. The molecule has 28 heavy (non-hydrogen) atoms. The number of anilines is 2. The predicted molar refractivity (Wildman–Crippen MR) is 111 cm³/mol. The Bertz CT molecular complexity index is 1050. The van der Waals surface area contributed by atoms with Crippen molar-refractivity contribution >= 4 is 33.7 Å². The molecule has 0 unspecified atom stereocenters. The molecular formula is C19H22N6O2S. The van der Waals surface area contributed by atoms with Crippen molar-refractivity contribution in [2.24, 2.45) is 5.73 Å². The minimum absolute atomic E-state index is 0.131. The molecule has 8 nitrogen and oxygen atoms in total. The fraction of sp³-hybridized carbons (Fsp3) is 0.368. The summed E-state index contributed by atoms with van der Waals surface area (Å²) in [6.45, 7) is 2.16. The third-order valence-electron chi connectivity index (χ3n) is 4.68. The van der Waals surface area contributed by atoms with E-state index in [1.54, 1.807) is 6.07 Å². The zero-order valence-corrected chi connectivity index (χ0v) is 16.2. The fourth-order valence-electron chi connectivity index (χ4n) is 3.29. The summed E-state index contributed by atoms with van der Waals surface area (Å²) in [6.07, 6.45) is 3.74. The van der Waals surface area contributed by atoms with Gasteiger partial charge in [0, 0.05) is 43.4 Å². The summed E-state index contributed by atoms with van der Waals surface area (Å²) >= 11 is 1.36. The second kappa shape index (κ2) is 8.07. The first kappa shape index (κ1) is 18.6. The number of nitrogens with zero attached hydrogens (tertiary/aromatic N) is 4. The average molecular weight is 398 g/mol.